The predicted molar refractivity (Wildman–Crippen MR) is 96.8 cm³/mol. The summed E-state index contributed by atoms with van der Waals surface area (Å²) in [5, 5.41) is 7.58. The van der Waals surface area contributed by atoms with Gasteiger partial charge < -0.3 is 5.32 Å². The van der Waals surface area contributed by atoms with Crippen LogP contribution in [0.25, 0.3) is 6.08 Å². The lowest BCUT2D eigenvalue weighted by Gasteiger charge is -2.08. The van der Waals surface area contributed by atoms with E-state index in [-0.39, 0.29) is 12.5 Å². The number of hydrogen-bond acceptors (Lipinski definition) is 3. The van der Waals surface area contributed by atoms with E-state index < -0.39 is 0 Å². The third-order valence-corrected chi connectivity index (χ3v) is 3.30. The van der Waals surface area contributed by atoms with Gasteiger partial charge in [-0.25, -0.2) is 5.43 Å². The van der Waals surface area contributed by atoms with Gasteiger partial charge in [0.25, 0.3) is 5.91 Å². The molecule has 0 radical (unpaired) electrons. The molecule has 0 heterocycles. The Hall–Kier alpha value is -2.59. The van der Waals surface area contributed by atoms with Crippen molar-refractivity contribution in [2.75, 3.05) is 11.9 Å². The van der Waals surface area contributed by atoms with Crippen molar-refractivity contribution < 1.29 is 4.79 Å². The zero-order valence-electron chi connectivity index (χ0n) is 12.8. The van der Waals surface area contributed by atoms with Crippen molar-refractivity contribution in [1.29, 1.82) is 0 Å². The summed E-state index contributed by atoms with van der Waals surface area (Å²) in [5.74, 6) is -0.219. The standard InChI is InChI=1S/C18H18ClN3O/c1-14-12-16(19)9-10-17(14)20-13-18(23)22-21-11-5-8-15-6-3-2-4-7-15/h2-12,20H,13H2,1H3,(H,22,23). The molecule has 4 nitrogen and oxygen atoms in total. The summed E-state index contributed by atoms with van der Waals surface area (Å²) < 4.78 is 0. The van der Waals surface area contributed by atoms with Gasteiger partial charge in [-0.05, 0) is 42.3 Å². The van der Waals surface area contributed by atoms with Crippen molar-refractivity contribution in [3.8, 4) is 0 Å². The highest BCUT2D eigenvalue weighted by molar-refractivity contribution is 6.30. The van der Waals surface area contributed by atoms with Gasteiger partial charge in [0, 0.05) is 16.9 Å². The zero-order valence-corrected chi connectivity index (χ0v) is 13.5. The SMILES string of the molecule is Cc1cc(Cl)ccc1NCC(=O)NN=CC=Cc1ccccc1. The minimum Gasteiger partial charge on any atom is -0.376 e. The number of hydrazone groups is 1. The largest absolute Gasteiger partial charge is 0.376 e. The summed E-state index contributed by atoms with van der Waals surface area (Å²) >= 11 is 5.89. The molecule has 0 saturated heterocycles. The Kier molecular flexibility index (Phi) is 6.39. The van der Waals surface area contributed by atoms with Crippen LogP contribution in [0.2, 0.25) is 5.02 Å². The van der Waals surface area contributed by atoms with Crippen molar-refractivity contribution in [2.24, 2.45) is 5.10 Å². The maximum atomic E-state index is 11.7. The quantitative estimate of drug-likeness (QED) is 0.625. The molecule has 1 amide bonds. The number of nitrogens with zero attached hydrogens (tertiary/aromatic N) is 1. The minimum absolute atomic E-state index is 0.141. The van der Waals surface area contributed by atoms with Crippen molar-refractivity contribution in [3.63, 3.8) is 0 Å². The smallest absolute Gasteiger partial charge is 0.259 e. The number of allylic oxidation sites excluding steroid dienone is 1. The summed E-state index contributed by atoms with van der Waals surface area (Å²) in [4.78, 5) is 11.7. The van der Waals surface area contributed by atoms with Crippen LogP contribution in [0.4, 0.5) is 5.69 Å². The molecule has 2 rings (SSSR count). The van der Waals surface area contributed by atoms with Gasteiger partial charge in [0.15, 0.2) is 0 Å². The maximum absolute atomic E-state index is 11.7. The summed E-state index contributed by atoms with van der Waals surface area (Å²) in [6.07, 6.45) is 5.22. The van der Waals surface area contributed by atoms with Crippen molar-refractivity contribution in [3.05, 3.63) is 70.8 Å². The summed E-state index contributed by atoms with van der Waals surface area (Å²) in [5.41, 5.74) is 5.39. The molecule has 0 saturated carbocycles. The average Bonchev–Trinajstić information content (AvgIpc) is 2.54. The van der Waals surface area contributed by atoms with Crippen molar-refractivity contribution in [2.45, 2.75) is 6.92 Å². The van der Waals surface area contributed by atoms with Gasteiger partial charge in [0.1, 0.15) is 0 Å². The Bertz CT molecular complexity index is 711. The molecule has 0 aliphatic carbocycles. The number of benzene rings is 2. The molecule has 118 valence electrons. The average molecular weight is 328 g/mol. The molecular formula is C18H18ClN3O. The lowest BCUT2D eigenvalue weighted by atomic mass is 10.2. The highest BCUT2D eigenvalue weighted by atomic mass is 35.5. The van der Waals surface area contributed by atoms with Gasteiger partial charge in [-0.1, -0.05) is 48.0 Å². The van der Waals surface area contributed by atoms with E-state index in [1.54, 1.807) is 18.4 Å². The topological polar surface area (TPSA) is 53.5 Å². The molecule has 2 N–H and O–H groups in total. The third kappa shape index (κ3) is 5.96. The highest BCUT2D eigenvalue weighted by Gasteiger charge is 2.02. The molecule has 2 aromatic rings. The molecule has 0 aromatic heterocycles. The Labute approximate surface area is 140 Å². The molecular weight excluding hydrogens is 310 g/mol. The van der Waals surface area contributed by atoms with E-state index >= 15 is 0 Å². The van der Waals surface area contributed by atoms with Crippen LogP contribution >= 0.6 is 11.6 Å². The fourth-order valence-electron chi connectivity index (χ4n) is 1.91. The number of anilines is 1. The second-order valence-electron chi connectivity index (χ2n) is 4.90. The number of carbonyl (C=O) groups is 1. The second kappa shape index (κ2) is 8.76. The van der Waals surface area contributed by atoms with Gasteiger partial charge in [-0.15, -0.1) is 0 Å². The van der Waals surface area contributed by atoms with Crippen molar-refractivity contribution >= 4 is 35.5 Å². The first kappa shape index (κ1) is 16.8. The van der Waals surface area contributed by atoms with Gasteiger partial charge in [-0.3, -0.25) is 4.79 Å². The lowest BCUT2D eigenvalue weighted by molar-refractivity contribution is -0.119. The van der Waals surface area contributed by atoms with E-state index in [1.807, 2.05) is 55.5 Å². The number of carbonyl (C=O) groups excluding carboxylic acids is 1. The van der Waals surface area contributed by atoms with Crippen molar-refractivity contribution in [1.82, 2.24) is 5.43 Å². The number of halogens is 1. The fraction of sp³-hybridized carbons (Fsp3) is 0.111. The van der Waals surface area contributed by atoms with Crippen LogP contribution in [0.15, 0.2) is 59.7 Å². The number of hydrogen-bond donors (Lipinski definition) is 2. The Morgan fingerprint density at radius 1 is 1.22 bits per heavy atom. The van der Waals surface area contributed by atoms with Gasteiger partial charge in [-0.2, -0.15) is 5.10 Å². The van der Waals surface area contributed by atoms with E-state index in [4.69, 9.17) is 11.6 Å². The van der Waals surface area contributed by atoms with Crippen LogP contribution in [0.1, 0.15) is 11.1 Å². The Balaban J connectivity index is 1.74. The molecule has 23 heavy (non-hydrogen) atoms. The highest BCUT2D eigenvalue weighted by Crippen LogP contribution is 2.19. The minimum atomic E-state index is -0.219. The van der Waals surface area contributed by atoms with Crippen LogP contribution in [0, 0.1) is 6.92 Å². The summed E-state index contributed by atoms with van der Waals surface area (Å²) in [7, 11) is 0. The monoisotopic (exact) mass is 327 g/mol. The van der Waals surface area contributed by atoms with E-state index in [0.717, 1.165) is 16.8 Å². The normalized spacial score (nSPS) is 11.0. The van der Waals surface area contributed by atoms with E-state index in [9.17, 15) is 4.79 Å². The van der Waals surface area contributed by atoms with Gasteiger partial charge >= 0.3 is 0 Å². The van der Waals surface area contributed by atoms with E-state index in [1.165, 1.54) is 0 Å². The third-order valence-electron chi connectivity index (χ3n) is 3.07. The van der Waals surface area contributed by atoms with Crippen LogP contribution in [0.5, 0.6) is 0 Å². The van der Waals surface area contributed by atoms with Crippen LogP contribution in [0.3, 0.4) is 0 Å². The summed E-state index contributed by atoms with van der Waals surface area (Å²) in [6.45, 7) is 2.07. The molecule has 0 aliphatic rings. The van der Waals surface area contributed by atoms with Crippen LogP contribution in [-0.2, 0) is 4.79 Å². The van der Waals surface area contributed by atoms with E-state index in [0.29, 0.717) is 5.02 Å². The molecule has 0 unspecified atom stereocenters. The summed E-state index contributed by atoms with van der Waals surface area (Å²) in [6, 6.07) is 15.3. The first-order valence-corrected chi connectivity index (χ1v) is 7.56. The molecule has 0 aliphatic heterocycles. The fourth-order valence-corrected chi connectivity index (χ4v) is 2.14. The van der Waals surface area contributed by atoms with Gasteiger partial charge in [0.2, 0.25) is 0 Å². The second-order valence-corrected chi connectivity index (χ2v) is 5.33. The van der Waals surface area contributed by atoms with Crippen LogP contribution < -0.4 is 10.7 Å². The maximum Gasteiger partial charge on any atom is 0.259 e. The molecule has 0 bridgehead atoms. The van der Waals surface area contributed by atoms with Gasteiger partial charge in [0.05, 0.1) is 6.54 Å². The molecule has 2 aromatic carbocycles. The molecule has 5 heteroatoms. The lowest BCUT2D eigenvalue weighted by Crippen LogP contribution is -2.25. The Morgan fingerprint density at radius 3 is 2.74 bits per heavy atom. The number of amides is 1. The zero-order chi connectivity index (χ0) is 16.5. The van der Waals surface area contributed by atoms with Crippen LogP contribution in [-0.4, -0.2) is 18.7 Å². The first-order chi connectivity index (χ1) is 11.1. The molecule has 0 spiro atoms. The molecule has 0 atom stereocenters. The number of rotatable bonds is 6. The number of aryl methyl sites for hydroxylation is 1. The predicted octanol–water partition coefficient (Wildman–Crippen LogP) is 3.88. The first-order valence-electron chi connectivity index (χ1n) is 7.19. The Morgan fingerprint density at radius 2 is 2.00 bits per heavy atom. The molecule has 0 fully saturated rings. The number of nitrogens with one attached hydrogen (secondary N) is 2. The van der Waals surface area contributed by atoms with E-state index in [2.05, 4.69) is 15.8 Å².